The Balaban J connectivity index is 1.95. The Labute approximate surface area is 133 Å². The molecule has 0 atom stereocenters. The molecular formula is C15H19N3OS2. The van der Waals surface area contributed by atoms with Crippen molar-refractivity contribution < 1.29 is 4.79 Å². The van der Waals surface area contributed by atoms with Crippen LogP contribution in [0.25, 0.3) is 0 Å². The molecule has 4 nitrogen and oxygen atoms in total. The molecule has 0 aliphatic carbocycles. The Bertz CT molecular complexity index is 581. The third-order valence-corrected chi connectivity index (χ3v) is 4.47. The van der Waals surface area contributed by atoms with E-state index in [1.165, 1.54) is 16.9 Å². The van der Waals surface area contributed by atoms with Crippen molar-refractivity contribution in [1.82, 2.24) is 4.98 Å². The fraction of sp³-hybridized carbons (Fsp3) is 0.333. The average Bonchev–Trinajstić information content (AvgIpc) is 2.96. The van der Waals surface area contributed by atoms with E-state index in [0.29, 0.717) is 18.7 Å². The molecule has 2 rings (SSSR count). The molecule has 0 bridgehead atoms. The van der Waals surface area contributed by atoms with Crippen molar-refractivity contribution in [2.24, 2.45) is 5.73 Å². The number of benzene rings is 1. The fourth-order valence-electron chi connectivity index (χ4n) is 1.82. The van der Waals surface area contributed by atoms with Gasteiger partial charge in [0, 0.05) is 17.5 Å². The number of thiazole rings is 1. The number of carbonyl (C=O) groups is 1. The van der Waals surface area contributed by atoms with Gasteiger partial charge < -0.3 is 11.1 Å². The highest BCUT2D eigenvalue weighted by Crippen LogP contribution is 2.15. The lowest BCUT2D eigenvalue weighted by Gasteiger charge is -2.05. The maximum Gasteiger partial charge on any atom is 0.275 e. The Morgan fingerprint density at radius 3 is 2.76 bits per heavy atom. The molecule has 1 amide bonds. The summed E-state index contributed by atoms with van der Waals surface area (Å²) in [4.78, 5) is 16.4. The molecule has 0 saturated heterocycles. The number of thioether (sulfide) groups is 1. The Kier molecular flexibility index (Phi) is 6.22. The van der Waals surface area contributed by atoms with Crippen LogP contribution in [0.3, 0.4) is 0 Å². The van der Waals surface area contributed by atoms with E-state index in [4.69, 9.17) is 5.73 Å². The van der Waals surface area contributed by atoms with Gasteiger partial charge in [0.25, 0.3) is 5.91 Å². The monoisotopic (exact) mass is 321 g/mol. The van der Waals surface area contributed by atoms with Crippen LogP contribution in [0.2, 0.25) is 0 Å². The SMILES string of the molecule is CSCCc1ccc(NC(=O)c2csc(CCN)n2)cc1. The van der Waals surface area contributed by atoms with Crippen molar-refractivity contribution in [2.45, 2.75) is 12.8 Å². The number of aromatic nitrogens is 1. The van der Waals surface area contributed by atoms with E-state index < -0.39 is 0 Å². The number of nitrogens with one attached hydrogen (secondary N) is 1. The van der Waals surface area contributed by atoms with E-state index in [9.17, 15) is 4.79 Å². The molecule has 6 heteroatoms. The van der Waals surface area contributed by atoms with E-state index in [-0.39, 0.29) is 5.91 Å². The van der Waals surface area contributed by atoms with Crippen LogP contribution in [0.1, 0.15) is 21.1 Å². The van der Waals surface area contributed by atoms with Gasteiger partial charge >= 0.3 is 0 Å². The lowest BCUT2D eigenvalue weighted by atomic mass is 10.1. The lowest BCUT2D eigenvalue weighted by Crippen LogP contribution is -2.12. The number of nitrogens with zero attached hydrogens (tertiary/aromatic N) is 1. The molecule has 0 aliphatic rings. The first-order valence-corrected chi connectivity index (χ1v) is 9.04. The summed E-state index contributed by atoms with van der Waals surface area (Å²) < 4.78 is 0. The molecule has 0 unspecified atom stereocenters. The minimum atomic E-state index is -0.175. The van der Waals surface area contributed by atoms with Crippen LogP contribution in [-0.4, -0.2) is 29.4 Å². The first-order chi connectivity index (χ1) is 10.2. The third kappa shape index (κ3) is 4.84. The topological polar surface area (TPSA) is 68.0 Å². The van der Waals surface area contributed by atoms with Gasteiger partial charge in [-0.1, -0.05) is 12.1 Å². The lowest BCUT2D eigenvalue weighted by molar-refractivity contribution is 0.102. The summed E-state index contributed by atoms with van der Waals surface area (Å²) in [5.41, 5.74) is 8.01. The highest BCUT2D eigenvalue weighted by molar-refractivity contribution is 7.98. The standard InChI is InChI=1S/C15H19N3OS2/c1-20-9-7-11-2-4-12(5-3-11)17-15(19)13-10-21-14(18-13)6-8-16/h2-5,10H,6-9,16H2,1H3,(H,17,19). The zero-order valence-electron chi connectivity index (χ0n) is 12.0. The zero-order chi connectivity index (χ0) is 15.1. The highest BCUT2D eigenvalue weighted by atomic mass is 32.2. The summed E-state index contributed by atoms with van der Waals surface area (Å²) in [6.45, 7) is 0.548. The van der Waals surface area contributed by atoms with Gasteiger partial charge in [-0.05, 0) is 42.7 Å². The van der Waals surface area contributed by atoms with Gasteiger partial charge in [0.05, 0.1) is 5.01 Å². The first-order valence-electron chi connectivity index (χ1n) is 6.76. The van der Waals surface area contributed by atoms with Gasteiger partial charge in [-0.15, -0.1) is 11.3 Å². The molecule has 112 valence electrons. The van der Waals surface area contributed by atoms with Crippen molar-refractivity contribution in [3.63, 3.8) is 0 Å². The van der Waals surface area contributed by atoms with Crippen molar-refractivity contribution in [3.05, 3.63) is 45.9 Å². The number of hydrogen-bond donors (Lipinski definition) is 2. The van der Waals surface area contributed by atoms with Crippen LogP contribution in [0.5, 0.6) is 0 Å². The molecule has 21 heavy (non-hydrogen) atoms. The molecule has 0 fully saturated rings. The van der Waals surface area contributed by atoms with Gasteiger partial charge in [-0.25, -0.2) is 4.98 Å². The van der Waals surface area contributed by atoms with Crippen molar-refractivity contribution in [2.75, 3.05) is 23.9 Å². The second-order valence-corrected chi connectivity index (χ2v) is 6.49. The summed E-state index contributed by atoms with van der Waals surface area (Å²) in [5, 5.41) is 5.53. The Morgan fingerprint density at radius 1 is 1.33 bits per heavy atom. The normalized spacial score (nSPS) is 10.6. The maximum atomic E-state index is 12.1. The maximum absolute atomic E-state index is 12.1. The fourth-order valence-corrected chi connectivity index (χ4v) is 3.06. The highest BCUT2D eigenvalue weighted by Gasteiger charge is 2.10. The number of nitrogens with two attached hydrogens (primary N) is 1. The first kappa shape index (κ1) is 16.0. The van der Waals surface area contributed by atoms with E-state index in [2.05, 4.69) is 16.6 Å². The number of anilines is 1. The van der Waals surface area contributed by atoms with Crippen molar-refractivity contribution in [1.29, 1.82) is 0 Å². The smallest absolute Gasteiger partial charge is 0.275 e. The number of amides is 1. The van der Waals surface area contributed by atoms with Crippen molar-refractivity contribution >= 4 is 34.7 Å². The van der Waals surface area contributed by atoms with Gasteiger partial charge in [-0.3, -0.25) is 4.79 Å². The second kappa shape index (κ2) is 8.17. The molecular weight excluding hydrogens is 302 g/mol. The van der Waals surface area contributed by atoms with E-state index in [1.54, 1.807) is 5.38 Å². The van der Waals surface area contributed by atoms with E-state index in [0.717, 1.165) is 22.9 Å². The van der Waals surface area contributed by atoms with E-state index >= 15 is 0 Å². The van der Waals surface area contributed by atoms with Gasteiger partial charge in [0.1, 0.15) is 5.69 Å². The van der Waals surface area contributed by atoms with Crippen LogP contribution in [0.15, 0.2) is 29.6 Å². The van der Waals surface area contributed by atoms with Gasteiger partial charge in [0.2, 0.25) is 0 Å². The number of carbonyl (C=O) groups excluding carboxylic acids is 1. The van der Waals surface area contributed by atoms with Crippen LogP contribution >= 0.6 is 23.1 Å². The summed E-state index contributed by atoms with van der Waals surface area (Å²) in [6.07, 6.45) is 3.85. The third-order valence-electron chi connectivity index (χ3n) is 2.95. The number of hydrogen-bond acceptors (Lipinski definition) is 5. The van der Waals surface area contributed by atoms with Crippen LogP contribution in [-0.2, 0) is 12.8 Å². The molecule has 0 aliphatic heterocycles. The van der Waals surface area contributed by atoms with Crippen molar-refractivity contribution in [3.8, 4) is 0 Å². The largest absolute Gasteiger partial charge is 0.330 e. The minimum absolute atomic E-state index is 0.175. The Hall–Kier alpha value is -1.37. The molecule has 1 heterocycles. The zero-order valence-corrected chi connectivity index (χ0v) is 13.6. The average molecular weight is 321 g/mol. The second-order valence-electron chi connectivity index (χ2n) is 4.56. The number of rotatable bonds is 7. The van der Waals surface area contributed by atoms with Crippen LogP contribution in [0, 0.1) is 0 Å². The summed E-state index contributed by atoms with van der Waals surface area (Å²) in [7, 11) is 0. The molecule has 2 aromatic rings. The molecule has 0 radical (unpaired) electrons. The molecule has 1 aromatic heterocycles. The quantitative estimate of drug-likeness (QED) is 0.823. The van der Waals surface area contributed by atoms with Gasteiger partial charge in [0.15, 0.2) is 0 Å². The summed E-state index contributed by atoms with van der Waals surface area (Å²) >= 11 is 3.30. The minimum Gasteiger partial charge on any atom is -0.330 e. The summed E-state index contributed by atoms with van der Waals surface area (Å²) in [5.74, 6) is 0.931. The molecule has 0 spiro atoms. The molecule has 3 N–H and O–H groups in total. The summed E-state index contributed by atoms with van der Waals surface area (Å²) in [6, 6.07) is 7.96. The molecule has 0 saturated carbocycles. The predicted octanol–water partition coefficient (Wildman–Crippen LogP) is 2.80. The Morgan fingerprint density at radius 2 is 2.10 bits per heavy atom. The van der Waals surface area contributed by atoms with Crippen LogP contribution in [0.4, 0.5) is 5.69 Å². The van der Waals surface area contributed by atoms with Gasteiger partial charge in [-0.2, -0.15) is 11.8 Å². The molecule has 1 aromatic carbocycles. The van der Waals surface area contributed by atoms with Crippen LogP contribution < -0.4 is 11.1 Å². The van der Waals surface area contributed by atoms with E-state index in [1.807, 2.05) is 36.0 Å². The number of aryl methyl sites for hydroxylation is 1. The predicted molar refractivity (Wildman–Crippen MR) is 91.4 cm³/mol.